The van der Waals surface area contributed by atoms with Gasteiger partial charge in [-0.25, -0.2) is 4.98 Å². The Kier molecular flexibility index (Phi) is 3.38. The Balaban J connectivity index is 1.92. The molecule has 2 aromatic heterocycles. The quantitative estimate of drug-likeness (QED) is 0.787. The van der Waals surface area contributed by atoms with Crippen molar-refractivity contribution in [1.82, 2.24) is 29.8 Å². The number of aromatic nitrogens is 6. The van der Waals surface area contributed by atoms with Crippen molar-refractivity contribution >= 4 is 11.8 Å². The molecule has 1 aromatic carbocycles. The smallest absolute Gasteiger partial charge is 0.221 e. The van der Waals surface area contributed by atoms with E-state index in [1.54, 1.807) is 35.1 Å². The van der Waals surface area contributed by atoms with Crippen LogP contribution in [0.15, 0.2) is 47.0 Å². The van der Waals surface area contributed by atoms with Crippen molar-refractivity contribution in [2.75, 3.05) is 0 Å². The summed E-state index contributed by atoms with van der Waals surface area (Å²) in [5.74, 6) is 0.206. The second-order valence-corrected chi connectivity index (χ2v) is 4.92. The van der Waals surface area contributed by atoms with Gasteiger partial charge in [0.25, 0.3) is 0 Å². The van der Waals surface area contributed by atoms with Gasteiger partial charge in [-0.15, -0.1) is 5.10 Å². The largest absolute Gasteiger partial charge is 0.508 e. The summed E-state index contributed by atoms with van der Waals surface area (Å²) in [5, 5.41) is 22.5. The molecule has 0 amide bonds. The molecule has 0 atom stereocenters. The van der Waals surface area contributed by atoms with Crippen LogP contribution in [0.5, 0.6) is 5.75 Å². The molecule has 8 heteroatoms. The van der Waals surface area contributed by atoms with Crippen molar-refractivity contribution in [3.63, 3.8) is 0 Å². The first-order chi connectivity index (χ1) is 9.78. The standard InChI is InChI=1S/C12H12N6OS/c1-2-17-8-7-13-11(17)20-12-14-15-16-18(12)9-3-5-10(19)6-4-9/h3-8,19H,2H2,1H3. The van der Waals surface area contributed by atoms with Crippen LogP contribution >= 0.6 is 11.8 Å². The zero-order chi connectivity index (χ0) is 13.9. The van der Waals surface area contributed by atoms with Crippen molar-refractivity contribution in [3.8, 4) is 11.4 Å². The highest BCUT2D eigenvalue weighted by Crippen LogP contribution is 2.26. The lowest BCUT2D eigenvalue weighted by molar-refractivity contribution is 0.475. The van der Waals surface area contributed by atoms with Crippen molar-refractivity contribution < 1.29 is 5.11 Å². The number of aromatic hydroxyl groups is 1. The number of tetrazole rings is 1. The van der Waals surface area contributed by atoms with Crippen molar-refractivity contribution in [2.24, 2.45) is 0 Å². The van der Waals surface area contributed by atoms with Crippen molar-refractivity contribution in [2.45, 2.75) is 23.8 Å². The van der Waals surface area contributed by atoms with Gasteiger partial charge in [0.1, 0.15) is 5.75 Å². The topological polar surface area (TPSA) is 81.7 Å². The fourth-order valence-corrected chi connectivity index (χ4v) is 2.61. The fraction of sp³-hybridized carbons (Fsp3) is 0.167. The van der Waals surface area contributed by atoms with Gasteiger partial charge in [-0.1, -0.05) is 0 Å². The Morgan fingerprint density at radius 2 is 2.00 bits per heavy atom. The first-order valence-electron chi connectivity index (χ1n) is 6.04. The highest BCUT2D eigenvalue weighted by molar-refractivity contribution is 7.99. The van der Waals surface area contributed by atoms with E-state index in [0.29, 0.717) is 5.16 Å². The van der Waals surface area contributed by atoms with E-state index < -0.39 is 0 Å². The summed E-state index contributed by atoms with van der Waals surface area (Å²) in [4.78, 5) is 4.29. The molecule has 0 saturated carbocycles. The molecule has 0 unspecified atom stereocenters. The van der Waals surface area contributed by atoms with Crippen molar-refractivity contribution in [3.05, 3.63) is 36.7 Å². The molecule has 0 fully saturated rings. The van der Waals surface area contributed by atoms with E-state index in [1.807, 2.05) is 10.8 Å². The Morgan fingerprint density at radius 1 is 1.20 bits per heavy atom. The summed E-state index contributed by atoms with van der Waals surface area (Å²) >= 11 is 1.39. The van der Waals surface area contributed by atoms with Crippen LogP contribution in [0.3, 0.4) is 0 Å². The van der Waals surface area contributed by atoms with E-state index in [2.05, 4.69) is 27.4 Å². The Bertz CT molecular complexity index is 705. The first-order valence-corrected chi connectivity index (χ1v) is 6.86. The van der Waals surface area contributed by atoms with Gasteiger partial charge in [-0.3, -0.25) is 0 Å². The Labute approximate surface area is 119 Å². The summed E-state index contributed by atoms with van der Waals surface area (Å²) in [6.07, 6.45) is 3.66. The maximum absolute atomic E-state index is 9.32. The number of benzene rings is 1. The maximum Gasteiger partial charge on any atom is 0.221 e. The molecule has 20 heavy (non-hydrogen) atoms. The third-order valence-electron chi connectivity index (χ3n) is 2.74. The number of phenols is 1. The van der Waals surface area contributed by atoms with Crippen LogP contribution in [0.2, 0.25) is 0 Å². The summed E-state index contributed by atoms with van der Waals surface area (Å²) in [7, 11) is 0. The maximum atomic E-state index is 9.32. The van der Waals surface area contributed by atoms with Gasteiger partial charge >= 0.3 is 0 Å². The fourth-order valence-electron chi connectivity index (χ4n) is 1.72. The van der Waals surface area contributed by atoms with Crippen LogP contribution < -0.4 is 0 Å². The molecular formula is C12H12N6OS. The summed E-state index contributed by atoms with van der Waals surface area (Å²) < 4.78 is 3.62. The first kappa shape index (κ1) is 12.7. The highest BCUT2D eigenvalue weighted by atomic mass is 32.2. The lowest BCUT2D eigenvalue weighted by Crippen LogP contribution is -2.00. The van der Waals surface area contributed by atoms with Crippen LogP contribution in [-0.4, -0.2) is 34.9 Å². The average molecular weight is 288 g/mol. The molecular weight excluding hydrogens is 276 g/mol. The normalized spacial score (nSPS) is 10.8. The van der Waals surface area contributed by atoms with E-state index in [4.69, 9.17) is 0 Å². The predicted octanol–water partition coefficient (Wildman–Crippen LogP) is 1.74. The SMILES string of the molecule is CCn1ccnc1Sc1nnnn1-c1ccc(O)cc1. The minimum Gasteiger partial charge on any atom is -0.508 e. The Hall–Kier alpha value is -2.35. The van der Waals surface area contributed by atoms with E-state index in [-0.39, 0.29) is 5.75 Å². The Morgan fingerprint density at radius 3 is 2.75 bits per heavy atom. The second-order valence-electron chi connectivity index (χ2n) is 3.99. The summed E-state index contributed by atoms with van der Waals surface area (Å²) in [5.41, 5.74) is 0.782. The van der Waals surface area contributed by atoms with Crippen LogP contribution in [0.4, 0.5) is 0 Å². The van der Waals surface area contributed by atoms with Crippen LogP contribution in [-0.2, 0) is 6.54 Å². The molecule has 102 valence electrons. The van der Waals surface area contributed by atoms with Crippen LogP contribution in [0, 0.1) is 0 Å². The molecule has 7 nitrogen and oxygen atoms in total. The molecule has 0 radical (unpaired) electrons. The van der Waals surface area contributed by atoms with Gasteiger partial charge in [0.05, 0.1) is 5.69 Å². The van der Waals surface area contributed by atoms with Gasteiger partial charge < -0.3 is 9.67 Å². The highest BCUT2D eigenvalue weighted by Gasteiger charge is 2.13. The summed E-state index contributed by atoms with van der Waals surface area (Å²) in [6, 6.07) is 6.70. The number of aryl methyl sites for hydroxylation is 1. The van der Waals surface area contributed by atoms with Gasteiger partial charge in [0.2, 0.25) is 5.16 Å². The van der Waals surface area contributed by atoms with Gasteiger partial charge in [0.15, 0.2) is 5.16 Å². The number of rotatable bonds is 4. The van der Waals surface area contributed by atoms with Gasteiger partial charge in [-0.2, -0.15) is 4.68 Å². The second kappa shape index (κ2) is 5.33. The minimum atomic E-state index is 0.206. The minimum absolute atomic E-state index is 0.206. The lowest BCUT2D eigenvalue weighted by Gasteiger charge is -2.05. The lowest BCUT2D eigenvalue weighted by atomic mass is 10.3. The van der Waals surface area contributed by atoms with Crippen LogP contribution in [0.25, 0.3) is 5.69 Å². The monoisotopic (exact) mass is 288 g/mol. The molecule has 0 aliphatic heterocycles. The third kappa shape index (κ3) is 2.37. The molecule has 3 rings (SSSR count). The average Bonchev–Trinajstić information content (AvgIpc) is 3.09. The third-order valence-corrected chi connectivity index (χ3v) is 3.70. The van der Waals surface area contributed by atoms with E-state index in [1.165, 1.54) is 11.8 Å². The molecule has 3 aromatic rings. The number of nitrogens with zero attached hydrogens (tertiary/aromatic N) is 6. The molecule has 2 heterocycles. The van der Waals surface area contributed by atoms with Crippen molar-refractivity contribution in [1.29, 1.82) is 0 Å². The number of hydrogen-bond acceptors (Lipinski definition) is 6. The van der Waals surface area contributed by atoms with E-state index >= 15 is 0 Å². The molecule has 0 spiro atoms. The number of hydrogen-bond donors (Lipinski definition) is 1. The van der Waals surface area contributed by atoms with Crippen LogP contribution in [0.1, 0.15) is 6.92 Å². The molecule has 0 aliphatic rings. The van der Waals surface area contributed by atoms with Gasteiger partial charge in [0, 0.05) is 18.9 Å². The molecule has 0 saturated heterocycles. The van der Waals surface area contributed by atoms with Gasteiger partial charge in [-0.05, 0) is 53.4 Å². The summed E-state index contributed by atoms with van der Waals surface area (Å²) in [6.45, 7) is 2.89. The molecule has 0 aliphatic carbocycles. The van der Waals surface area contributed by atoms with E-state index in [9.17, 15) is 5.11 Å². The zero-order valence-corrected chi connectivity index (χ0v) is 11.5. The zero-order valence-electron chi connectivity index (χ0n) is 10.7. The van der Waals surface area contributed by atoms with E-state index in [0.717, 1.165) is 17.4 Å². The number of phenolic OH excluding ortho intramolecular Hbond substituents is 1. The number of imidazole rings is 1. The molecule has 1 N–H and O–H groups in total. The molecule has 0 bridgehead atoms. The predicted molar refractivity (Wildman–Crippen MR) is 72.8 cm³/mol.